The van der Waals surface area contributed by atoms with E-state index in [2.05, 4.69) is 4.98 Å². The third-order valence-corrected chi connectivity index (χ3v) is 4.82. The molecule has 3 N–H and O–H groups in total. The molecular weight excluding hydrogens is 254 g/mol. The summed E-state index contributed by atoms with van der Waals surface area (Å²) in [7, 11) is -3.55. The van der Waals surface area contributed by atoms with Gasteiger partial charge in [0.25, 0.3) is 0 Å². The fourth-order valence-corrected chi connectivity index (χ4v) is 3.40. The molecule has 0 aromatic carbocycles. The molecular formula is C11H17N3O3S. The van der Waals surface area contributed by atoms with E-state index in [0.29, 0.717) is 5.69 Å². The average molecular weight is 271 g/mol. The Bertz CT molecular complexity index is 497. The van der Waals surface area contributed by atoms with Gasteiger partial charge < -0.3 is 10.8 Å². The topological polar surface area (TPSA) is 96.5 Å². The summed E-state index contributed by atoms with van der Waals surface area (Å²) >= 11 is 0. The van der Waals surface area contributed by atoms with Gasteiger partial charge in [-0.25, -0.2) is 8.42 Å². The highest BCUT2D eigenvalue weighted by atomic mass is 32.2. The first-order valence-electron chi connectivity index (χ1n) is 5.87. The molecule has 1 aromatic heterocycles. The van der Waals surface area contributed by atoms with E-state index in [1.807, 2.05) is 0 Å². The monoisotopic (exact) mass is 271 g/mol. The van der Waals surface area contributed by atoms with Crippen molar-refractivity contribution in [2.45, 2.75) is 30.3 Å². The summed E-state index contributed by atoms with van der Waals surface area (Å²) in [6.45, 7) is 0.235. The molecule has 1 fully saturated rings. The van der Waals surface area contributed by atoms with Crippen molar-refractivity contribution in [3.8, 4) is 0 Å². The van der Waals surface area contributed by atoms with Crippen molar-refractivity contribution in [1.82, 2.24) is 9.29 Å². The summed E-state index contributed by atoms with van der Waals surface area (Å²) in [4.78, 5) is 4.15. The minimum absolute atomic E-state index is 0.0244. The summed E-state index contributed by atoms with van der Waals surface area (Å²) in [6.07, 6.45) is 3.03. The van der Waals surface area contributed by atoms with Crippen LogP contribution >= 0.6 is 0 Å². The number of nitrogens with zero attached hydrogens (tertiary/aromatic N) is 2. The first-order chi connectivity index (χ1) is 8.59. The Balaban J connectivity index is 2.27. The van der Waals surface area contributed by atoms with Crippen molar-refractivity contribution in [2.24, 2.45) is 5.73 Å². The molecule has 1 saturated carbocycles. The number of rotatable bonds is 6. The number of aromatic nitrogens is 1. The van der Waals surface area contributed by atoms with E-state index >= 15 is 0 Å². The lowest BCUT2D eigenvalue weighted by molar-refractivity contribution is 0.250. The van der Waals surface area contributed by atoms with Gasteiger partial charge in [-0.2, -0.15) is 4.31 Å². The second kappa shape index (κ2) is 5.31. The molecule has 0 atom stereocenters. The number of aliphatic hydroxyl groups excluding tert-OH is 1. The smallest absolute Gasteiger partial charge is 0.244 e. The molecule has 0 bridgehead atoms. The number of nitrogens with two attached hydrogens (primary N) is 1. The zero-order chi connectivity index (χ0) is 13.2. The van der Waals surface area contributed by atoms with Crippen LogP contribution in [0.15, 0.2) is 23.2 Å². The summed E-state index contributed by atoms with van der Waals surface area (Å²) in [5.74, 6) is 0. The molecule has 0 radical (unpaired) electrons. The minimum atomic E-state index is -3.55. The van der Waals surface area contributed by atoms with Gasteiger partial charge >= 0.3 is 0 Å². The number of sulfonamides is 1. The lowest BCUT2D eigenvalue weighted by atomic mass is 10.4. The van der Waals surface area contributed by atoms with Crippen molar-refractivity contribution in [1.29, 1.82) is 0 Å². The molecule has 1 aromatic rings. The van der Waals surface area contributed by atoms with Crippen molar-refractivity contribution in [3.63, 3.8) is 0 Å². The fourth-order valence-electron chi connectivity index (χ4n) is 1.78. The quantitative estimate of drug-likeness (QED) is 0.739. The van der Waals surface area contributed by atoms with Gasteiger partial charge in [-0.3, -0.25) is 4.98 Å². The van der Waals surface area contributed by atoms with Crippen LogP contribution < -0.4 is 5.73 Å². The van der Waals surface area contributed by atoms with E-state index in [1.54, 1.807) is 6.07 Å². The summed E-state index contributed by atoms with van der Waals surface area (Å²) < 4.78 is 26.0. The van der Waals surface area contributed by atoms with Gasteiger partial charge in [0, 0.05) is 25.3 Å². The number of hydrogen-bond donors (Lipinski definition) is 2. The van der Waals surface area contributed by atoms with E-state index in [4.69, 9.17) is 10.8 Å². The van der Waals surface area contributed by atoms with E-state index in [-0.39, 0.29) is 30.6 Å². The van der Waals surface area contributed by atoms with Crippen LogP contribution in [0.3, 0.4) is 0 Å². The molecule has 2 rings (SSSR count). The fraction of sp³-hybridized carbons (Fsp3) is 0.545. The maximum Gasteiger partial charge on any atom is 0.244 e. The Morgan fingerprint density at radius 2 is 2.17 bits per heavy atom. The summed E-state index contributed by atoms with van der Waals surface area (Å²) in [5.41, 5.74) is 6.07. The van der Waals surface area contributed by atoms with E-state index in [9.17, 15) is 8.42 Å². The minimum Gasteiger partial charge on any atom is -0.395 e. The highest BCUT2D eigenvalue weighted by Gasteiger charge is 2.37. The standard InChI is InChI=1S/C11H17N3O3S/c12-7-9-1-4-11(8-13-9)18(16,17)14(5-6-15)10-2-3-10/h1,4,8,10,15H,2-3,5-7,12H2. The number of aliphatic hydroxyl groups is 1. The van der Waals surface area contributed by atoms with Gasteiger partial charge in [-0.15, -0.1) is 0 Å². The maximum atomic E-state index is 12.3. The highest BCUT2D eigenvalue weighted by molar-refractivity contribution is 7.89. The van der Waals surface area contributed by atoms with Crippen molar-refractivity contribution in [2.75, 3.05) is 13.2 Å². The zero-order valence-corrected chi connectivity index (χ0v) is 10.8. The van der Waals surface area contributed by atoms with Crippen LogP contribution in [0.5, 0.6) is 0 Å². The van der Waals surface area contributed by atoms with Gasteiger partial charge in [0.05, 0.1) is 12.3 Å². The summed E-state index contributed by atoms with van der Waals surface area (Å²) in [6, 6.07) is 3.14. The van der Waals surface area contributed by atoms with Crippen LogP contribution in [0, 0.1) is 0 Å². The maximum absolute atomic E-state index is 12.3. The molecule has 18 heavy (non-hydrogen) atoms. The molecule has 1 aliphatic rings. The Labute approximate surface area is 106 Å². The third-order valence-electron chi connectivity index (χ3n) is 2.89. The van der Waals surface area contributed by atoms with E-state index < -0.39 is 10.0 Å². The normalized spacial score (nSPS) is 16.2. The first kappa shape index (κ1) is 13.4. The predicted molar refractivity (Wildman–Crippen MR) is 66.1 cm³/mol. The first-order valence-corrected chi connectivity index (χ1v) is 7.31. The molecule has 0 saturated heterocycles. The Hall–Kier alpha value is -1.02. The highest BCUT2D eigenvalue weighted by Crippen LogP contribution is 2.31. The summed E-state index contributed by atoms with van der Waals surface area (Å²) in [5, 5.41) is 8.97. The van der Waals surface area contributed by atoms with Crippen molar-refractivity contribution in [3.05, 3.63) is 24.0 Å². The van der Waals surface area contributed by atoms with Crippen molar-refractivity contribution < 1.29 is 13.5 Å². The molecule has 1 heterocycles. The Morgan fingerprint density at radius 3 is 2.61 bits per heavy atom. The largest absolute Gasteiger partial charge is 0.395 e. The second-order valence-electron chi connectivity index (χ2n) is 4.26. The molecule has 0 spiro atoms. The number of pyridine rings is 1. The van der Waals surface area contributed by atoms with Crippen LogP contribution in [0.4, 0.5) is 0 Å². The van der Waals surface area contributed by atoms with Gasteiger partial charge in [-0.1, -0.05) is 0 Å². The molecule has 0 unspecified atom stereocenters. The van der Waals surface area contributed by atoms with Crippen LogP contribution in [-0.4, -0.2) is 42.0 Å². The van der Waals surface area contributed by atoms with Gasteiger partial charge in [-0.05, 0) is 25.0 Å². The molecule has 7 heteroatoms. The Morgan fingerprint density at radius 1 is 1.44 bits per heavy atom. The Kier molecular flexibility index (Phi) is 3.96. The molecule has 6 nitrogen and oxygen atoms in total. The molecule has 0 amide bonds. The predicted octanol–water partition coefficient (Wildman–Crippen LogP) is -0.314. The molecule has 100 valence electrons. The molecule has 0 aliphatic heterocycles. The van der Waals surface area contributed by atoms with Crippen LogP contribution in [0.25, 0.3) is 0 Å². The molecule has 1 aliphatic carbocycles. The third kappa shape index (κ3) is 2.69. The van der Waals surface area contributed by atoms with Crippen LogP contribution in [0.2, 0.25) is 0 Å². The van der Waals surface area contributed by atoms with Gasteiger partial charge in [0.2, 0.25) is 10.0 Å². The SMILES string of the molecule is NCc1ccc(S(=O)(=O)N(CCO)C2CC2)cn1. The average Bonchev–Trinajstić information content (AvgIpc) is 3.20. The zero-order valence-electron chi connectivity index (χ0n) is 9.99. The second-order valence-corrected chi connectivity index (χ2v) is 6.15. The van der Waals surface area contributed by atoms with E-state index in [0.717, 1.165) is 12.8 Å². The van der Waals surface area contributed by atoms with Crippen molar-refractivity contribution >= 4 is 10.0 Å². The van der Waals surface area contributed by atoms with Gasteiger partial charge in [0.15, 0.2) is 0 Å². The van der Waals surface area contributed by atoms with Crippen LogP contribution in [0.1, 0.15) is 18.5 Å². The lowest BCUT2D eigenvalue weighted by Crippen LogP contribution is -2.35. The van der Waals surface area contributed by atoms with Crippen LogP contribution in [-0.2, 0) is 16.6 Å². The lowest BCUT2D eigenvalue weighted by Gasteiger charge is -2.20. The van der Waals surface area contributed by atoms with Gasteiger partial charge in [0.1, 0.15) is 4.90 Å². The number of hydrogen-bond acceptors (Lipinski definition) is 5. The van der Waals surface area contributed by atoms with E-state index in [1.165, 1.54) is 16.6 Å².